The van der Waals surface area contributed by atoms with E-state index in [1.807, 2.05) is 11.3 Å². The summed E-state index contributed by atoms with van der Waals surface area (Å²) < 4.78 is 0. The number of nitrogens with two attached hydrogens (primary N) is 1. The molecule has 4 heteroatoms. The van der Waals surface area contributed by atoms with Crippen LogP contribution in [0.3, 0.4) is 0 Å². The van der Waals surface area contributed by atoms with E-state index in [9.17, 15) is 0 Å². The van der Waals surface area contributed by atoms with Crippen molar-refractivity contribution in [3.05, 3.63) is 10.6 Å². The van der Waals surface area contributed by atoms with E-state index in [-0.39, 0.29) is 6.04 Å². The van der Waals surface area contributed by atoms with Gasteiger partial charge in [-0.2, -0.15) is 0 Å². The number of anilines is 1. The van der Waals surface area contributed by atoms with Crippen LogP contribution in [0.1, 0.15) is 68.5 Å². The molecule has 1 aromatic heterocycles. The summed E-state index contributed by atoms with van der Waals surface area (Å²) in [6.07, 6.45) is 10.3. The topological polar surface area (TPSA) is 42.2 Å². The molecule has 1 fully saturated rings. The van der Waals surface area contributed by atoms with Crippen molar-refractivity contribution in [2.45, 2.75) is 64.3 Å². The molecule has 0 aromatic carbocycles. The fourth-order valence-corrected chi connectivity index (χ4v) is 4.85. The first-order valence-corrected chi connectivity index (χ1v) is 9.09. The Hall–Kier alpha value is -0.610. The quantitative estimate of drug-likeness (QED) is 0.919. The summed E-state index contributed by atoms with van der Waals surface area (Å²) in [4.78, 5) is 8.86. The summed E-state index contributed by atoms with van der Waals surface area (Å²) in [6.45, 7) is 4.67. The van der Waals surface area contributed by atoms with Gasteiger partial charge in [-0.3, -0.25) is 0 Å². The maximum absolute atomic E-state index is 6.21. The first-order chi connectivity index (χ1) is 9.78. The summed E-state index contributed by atoms with van der Waals surface area (Å²) in [6, 6.07) is 0.184. The molecule has 0 bridgehead atoms. The van der Waals surface area contributed by atoms with Crippen LogP contribution in [0.4, 0.5) is 5.13 Å². The fourth-order valence-electron chi connectivity index (χ4n) is 3.63. The van der Waals surface area contributed by atoms with Gasteiger partial charge in [0.05, 0.1) is 5.69 Å². The summed E-state index contributed by atoms with van der Waals surface area (Å²) in [5.41, 5.74) is 7.41. The molecule has 3 rings (SSSR count). The molecule has 20 heavy (non-hydrogen) atoms. The van der Waals surface area contributed by atoms with Crippen LogP contribution in [-0.2, 0) is 6.42 Å². The van der Waals surface area contributed by atoms with Crippen molar-refractivity contribution in [2.75, 3.05) is 18.0 Å². The van der Waals surface area contributed by atoms with Gasteiger partial charge in [0, 0.05) is 24.0 Å². The van der Waals surface area contributed by atoms with Gasteiger partial charge in [0.25, 0.3) is 0 Å². The van der Waals surface area contributed by atoms with Crippen molar-refractivity contribution >= 4 is 16.5 Å². The molecule has 0 saturated carbocycles. The smallest absolute Gasteiger partial charge is 0.185 e. The van der Waals surface area contributed by atoms with Crippen molar-refractivity contribution in [1.29, 1.82) is 0 Å². The highest BCUT2D eigenvalue weighted by Gasteiger charge is 2.25. The lowest BCUT2D eigenvalue weighted by Gasteiger charge is -2.19. The molecular formula is C16H27N3S. The molecule has 1 saturated heterocycles. The summed E-state index contributed by atoms with van der Waals surface area (Å²) in [5.74, 6) is 0.932. The van der Waals surface area contributed by atoms with E-state index >= 15 is 0 Å². The average molecular weight is 293 g/mol. The van der Waals surface area contributed by atoms with Gasteiger partial charge in [0.2, 0.25) is 0 Å². The molecule has 112 valence electrons. The van der Waals surface area contributed by atoms with Crippen LogP contribution in [-0.4, -0.2) is 18.1 Å². The second-order valence-corrected chi connectivity index (χ2v) is 7.44. The SMILES string of the molecule is CCCC1CCCN(c2nc3c(s2)CCCC3N)CC1. The number of hydrogen-bond donors (Lipinski definition) is 1. The number of aryl methyl sites for hydroxylation is 1. The Balaban J connectivity index is 1.70. The highest BCUT2D eigenvalue weighted by Crippen LogP contribution is 2.36. The number of hydrogen-bond acceptors (Lipinski definition) is 4. The summed E-state index contributed by atoms with van der Waals surface area (Å²) in [7, 11) is 0. The molecule has 1 aliphatic heterocycles. The lowest BCUT2D eigenvalue weighted by molar-refractivity contribution is 0.435. The van der Waals surface area contributed by atoms with E-state index in [1.165, 1.54) is 73.7 Å². The molecule has 2 N–H and O–H groups in total. The zero-order chi connectivity index (χ0) is 13.9. The predicted molar refractivity (Wildman–Crippen MR) is 86.4 cm³/mol. The molecular weight excluding hydrogens is 266 g/mol. The van der Waals surface area contributed by atoms with Crippen molar-refractivity contribution in [3.63, 3.8) is 0 Å². The zero-order valence-corrected chi connectivity index (χ0v) is 13.4. The summed E-state index contributed by atoms with van der Waals surface area (Å²) >= 11 is 1.90. The first-order valence-electron chi connectivity index (χ1n) is 8.28. The van der Waals surface area contributed by atoms with Gasteiger partial charge in [-0.25, -0.2) is 4.98 Å². The van der Waals surface area contributed by atoms with Crippen LogP contribution < -0.4 is 10.6 Å². The Labute approximate surface area is 126 Å². The zero-order valence-electron chi connectivity index (χ0n) is 12.6. The lowest BCUT2D eigenvalue weighted by Crippen LogP contribution is -2.24. The third kappa shape index (κ3) is 3.01. The Morgan fingerprint density at radius 1 is 1.25 bits per heavy atom. The molecule has 0 radical (unpaired) electrons. The predicted octanol–water partition coefficient (Wildman–Crippen LogP) is 3.89. The van der Waals surface area contributed by atoms with E-state index in [2.05, 4.69) is 11.8 Å². The molecule has 1 aliphatic carbocycles. The minimum absolute atomic E-state index is 0.184. The van der Waals surface area contributed by atoms with Crippen molar-refractivity contribution < 1.29 is 0 Å². The molecule has 1 aromatic rings. The van der Waals surface area contributed by atoms with E-state index in [4.69, 9.17) is 10.7 Å². The van der Waals surface area contributed by atoms with Gasteiger partial charge < -0.3 is 10.6 Å². The standard InChI is InChI=1S/C16H27N3S/c1-2-5-12-6-4-10-19(11-9-12)16-18-15-13(17)7-3-8-14(15)20-16/h12-13H,2-11,17H2,1H3. The molecule has 0 amide bonds. The molecule has 2 aliphatic rings. The van der Waals surface area contributed by atoms with Gasteiger partial charge in [-0.05, 0) is 44.4 Å². The molecule has 2 atom stereocenters. The molecule has 2 heterocycles. The van der Waals surface area contributed by atoms with Gasteiger partial charge in [0.15, 0.2) is 5.13 Å². The van der Waals surface area contributed by atoms with Crippen LogP contribution >= 0.6 is 11.3 Å². The van der Waals surface area contributed by atoms with Crippen molar-refractivity contribution in [1.82, 2.24) is 4.98 Å². The van der Waals surface area contributed by atoms with Crippen molar-refractivity contribution in [2.24, 2.45) is 11.7 Å². The Bertz CT molecular complexity index is 443. The van der Waals surface area contributed by atoms with Crippen LogP contribution in [0, 0.1) is 5.92 Å². The van der Waals surface area contributed by atoms with Gasteiger partial charge in [0.1, 0.15) is 0 Å². The van der Waals surface area contributed by atoms with Crippen LogP contribution in [0.25, 0.3) is 0 Å². The van der Waals surface area contributed by atoms with Gasteiger partial charge >= 0.3 is 0 Å². The molecule has 0 spiro atoms. The third-order valence-electron chi connectivity index (χ3n) is 4.80. The molecule has 3 nitrogen and oxygen atoms in total. The largest absolute Gasteiger partial charge is 0.348 e. The minimum Gasteiger partial charge on any atom is -0.348 e. The fraction of sp³-hybridized carbons (Fsp3) is 0.812. The average Bonchev–Trinajstić information content (AvgIpc) is 2.74. The van der Waals surface area contributed by atoms with Crippen LogP contribution in [0.2, 0.25) is 0 Å². The highest BCUT2D eigenvalue weighted by molar-refractivity contribution is 7.15. The number of aromatic nitrogens is 1. The number of fused-ring (bicyclic) bond motifs is 1. The van der Waals surface area contributed by atoms with Gasteiger partial charge in [-0.1, -0.05) is 19.8 Å². The van der Waals surface area contributed by atoms with E-state index in [0.717, 1.165) is 12.3 Å². The second-order valence-electron chi connectivity index (χ2n) is 6.38. The lowest BCUT2D eigenvalue weighted by atomic mass is 9.96. The van der Waals surface area contributed by atoms with E-state index < -0.39 is 0 Å². The Kier molecular flexibility index (Phi) is 4.61. The molecule has 2 unspecified atom stereocenters. The van der Waals surface area contributed by atoms with Crippen LogP contribution in [0.15, 0.2) is 0 Å². The van der Waals surface area contributed by atoms with Crippen LogP contribution in [0.5, 0.6) is 0 Å². The third-order valence-corrected chi connectivity index (χ3v) is 5.99. The maximum Gasteiger partial charge on any atom is 0.185 e. The maximum atomic E-state index is 6.21. The number of rotatable bonds is 3. The monoisotopic (exact) mass is 293 g/mol. The Morgan fingerprint density at radius 2 is 2.15 bits per heavy atom. The van der Waals surface area contributed by atoms with Gasteiger partial charge in [-0.15, -0.1) is 11.3 Å². The normalized spacial score (nSPS) is 27.2. The first kappa shape index (κ1) is 14.3. The van der Waals surface area contributed by atoms with E-state index in [0.29, 0.717) is 0 Å². The highest BCUT2D eigenvalue weighted by atomic mass is 32.1. The number of nitrogens with zero attached hydrogens (tertiary/aromatic N) is 2. The summed E-state index contributed by atoms with van der Waals surface area (Å²) in [5, 5.41) is 1.24. The Morgan fingerprint density at radius 3 is 2.95 bits per heavy atom. The van der Waals surface area contributed by atoms with E-state index in [1.54, 1.807) is 0 Å². The second kappa shape index (κ2) is 6.44. The van der Waals surface area contributed by atoms with Crippen molar-refractivity contribution in [3.8, 4) is 0 Å². The minimum atomic E-state index is 0.184. The number of thiazole rings is 1.